The Morgan fingerprint density at radius 1 is 1.03 bits per heavy atom. The molecule has 2 N–H and O–H groups in total. The topological polar surface area (TPSA) is 95.6 Å². The van der Waals surface area contributed by atoms with Gasteiger partial charge in [0.15, 0.2) is 0 Å². The normalized spacial score (nSPS) is 13.8. The Bertz CT molecular complexity index is 1350. The lowest BCUT2D eigenvalue weighted by Gasteiger charge is -2.20. The summed E-state index contributed by atoms with van der Waals surface area (Å²) in [6, 6.07) is 17.9. The predicted octanol–water partition coefficient (Wildman–Crippen LogP) is 3.65. The van der Waals surface area contributed by atoms with Gasteiger partial charge in [-0.3, -0.25) is 9.59 Å². The van der Waals surface area contributed by atoms with Crippen LogP contribution in [0.15, 0.2) is 77.7 Å². The molecule has 3 aromatic carbocycles. The Hall–Kier alpha value is -3.56. The van der Waals surface area contributed by atoms with Gasteiger partial charge < -0.3 is 10.2 Å². The first-order valence-corrected chi connectivity index (χ1v) is 12.8. The molecule has 3 aromatic rings. The zero-order valence-electron chi connectivity index (χ0n) is 19.2. The van der Waals surface area contributed by atoms with Crippen molar-refractivity contribution in [2.45, 2.75) is 37.1 Å². The zero-order chi connectivity index (χ0) is 25.0. The Labute approximate surface area is 204 Å². The van der Waals surface area contributed by atoms with Gasteiger partial charge in [0.1, 0.15) is 11.9 Å². The number of anilines is 2. The van der Waals surface area contributed by atoms with Crippen molar-refractivity contribution < 1.29 is 22.4 Å². The van der Waals surface area contributed by atoms with Crippen molar-refractivity contribution in [3.05, 3.63) is 89.7 Å². The number of hydrogen-bond acceptors (Lipinski definition) is 4. The van der Waals surface area contributed by atoms with Crippen LogP contribution < -0.4 is 14.9 Å². The largest absolute Gasteiger partial charge is 0.325 e. The average Bonchev–Trinajstić information content (AvgIpc) is 3.27. The molecule has 0 unspecified atom stereocenters. The monoisotopic (exact) mass is 495 g/mol. The van der Waals surface area contributed by atoms with Gasteiger partial charge >= 0.3 is 0 Å². The highest BCUT2D eigenvalue weighted by molar-refractivity contribution is 7.89. The predicted molar refractivity (Wildman–Crippen MR) is 132 cm³/mol. The number of amides is 2. The molecule has 35 heavy (non-hydrogen) atoms. The van der Waals surface area contributed by atoms with E-state index in [9.17, 15) is 22.4 Å². The van der Waals surface area contributed by atoms with Crippen LogP contribution in [0.2, 0.25) is 0 Å². The van der Waals surface area contributed by atoms with Gasteiger partial charge in [-0.1, -0.05) is 43.3 Å². The molecule has 0 saturated heterocycles. The maximum atomic E-state index is 13.6. The van der Waals surface area contributed by atoms with Crippen molar-refractivity contribution in [1.82, 2.24) is 4.72 Å². The summed E-state index contributed by atoms with van der Waals surface area (Å²) >= 11 is 0. The van der Waals surface area contributed by atoms with E-state index >= 15 is 0 Å². The zero-order valence-corrected chi connectivity index (χ0v) is 20.0. The summed E-state index contributed by atoms with van der Waals surface area (Å²) in [5, 5.41) is 2.59. The van der Waals surface area contributed by atoms with E-state index in [2.05, 4.69) is 10.0 Å². The minimum absolute atomic E-state index is 0.0127. The van der Waals surface area contributed by atoms with Crippen molar-refractivity contribution in [1.29, 1.82) is 0 Å². The molecule has 2 amide bonds. The Morgan fingerprint density at radius 3 is 2.51 bits per heavy atom. The number of nitrogens with zero attached hydrogens (tertiary/aromatic N) is 1. The minimum Gasteiger partial charge on any atom is -0.325 e. The number of sulfonamides is 1. The smallest absolute Gasteiger partial charge is 0.242 e. The van der Waals surface area contributed by atoms with Crippen molar-refractivity contribution in [2.24, 2.45) is 0 Å². The summed E-state index contributed by atoms with van der Waals surface area (Å²) in [4.78, 5) is 26.9. The number of hydrogen-bond donors (Lipinski definition) is 2. The Morgan fingerprint density at radius 2 is 1.80 bits per heavy atom. The van der Waals surface area contributed by atoms with E-state index in [1.165, 1.54) is 24.3 Å². The molecule has 1 atom stereocenters. The average molecular weight is 496 g/mol. The van der Waals surface area contributed by atoms with Gasteiger partial charge in [0.05, 0.1) is 4.90 Å². The number of rotatable bonds is 8. The molecular weight excluding hydrogens is 469 g/mol. The van der Waals surface area contributed by atoms with Gasteiger partial charge in [-0.05, 0) is 60.4 Å². The van der Waals surface area contributed by atoms with Crippen LogP contribution in [-0.2, 0) is 32.5 Å². The molecule has 0 radical (unpaired) electrons. The molecule has 1 aliphatic rings. The van der Waals surface area contributed by atoms with E-state index < -0.39 is 27.8 Å². The first-order valence-electron chi connectivity index (χ1n) is 11.3. The van der Waals surface area contributed by atoms with Crippen LogP contribution in [0.5, 0.6) is 0 Å². The molecule has 0 spiro atoms. The van der Waals surface area contributed by atoms with Crippen LogP contribution in [0.3, 0.4) is 0 Å². The number of benzene rings is 3. The molecule has 0 fully saturated rings. The van der Waals surface area contributed by atoms with E-state index in [-0.39, 0.29) is 22.9 Å². The van der Waals surface area contributed by atoms with E-state index in [1.807, 2.05) is 6.07 Å². The summed E-state index contributed by atoms with van der Waals surface area (Å²) in [6.45, 7) is 2.29. The highest BCUT2D eigenvalue weighted by atomic mass is 32.2. The lowest BCUT2D eigenvalue weighted by Crippen LogP contribution is -2.45. The van der Waals surface area contributed by atoms with Crippen LogP contribution >= 0.6 is 0 Å². The van der Waals surface area contributed by atoms with Gasteiger partial charge in [0.25, 0.3) is 0 Å². The summed E-state index contributed by atoms with van der Waals surface area (Å²) in [5.74, 6) is -1.14. The molecule has 4 rings (SSSR count). The molecule has 7 nitrogen and oxygen atoms in total. The molecule has 0 bridgehead atoms. The Balaban J connectivity index is 1.59. The quantitative estimate of drug-likeness (QED) is 0.499. The molecule has 182 valence electrons. The first kappa shape index (κ1) is 24.6. The minimum atomic E-state index is -4.08. The molecule has 0 aromatic heterocycles. The fourth-order valence-electron chi connectivity index (χ4n) is 4.08. The SMILES string of the molecule is CCC(=O)N1CCc2cc(S(=O)(=O)N[C@H](Cc3ccccc3)C(=O)Nc3cccc(F)c3)ccc21. The third-order valence-corrected chi connectivity index (χ3v) is 7.32. The maximum Gasteiger partial charge on any atom is 0.242 e. The second kappa shape index (κ2) is 10.4. The number of nitrogens with one attached hydrogen (secondary N) is 2. The standard InChI is InChI=1S/C26H26FN3O4S/c1-2-25(31)30-14-13-19-16-22(11-12-24(19)30)35(33,34)29-23(15-18-7-4-3-5-8-18)26(32)28-21-10-6-9-20(27)17-21/h3-12,16-17,23,29H,2,13-15H2,1H3,(H,28,32)/t23-/m1/s1. The van der Waals surface area contributed by atoms with Gasteiger partial charge in [-0.2, -0.15) is 4.72 Å². The van der Waals surface area contributed by atoms with Crippen LogP contribution in [0.1, 0.15) is 24.5 Å². The number of halogens is 1. The highest BCUT2D eigenvalue weighted by Crippen LogP contribution is 2.30. The van der Waals surface area contributed by atoms with Gasteiger partial charge in [-0.25, -0.2) is 12.8 Å². The van der Waals surface area contributed by atoms with Crippen LogP contribution in [-0.4, -0.2) is 32.8 Å². The van der Waals surface area contributed by atoms with Crippen molar-refractivity contribution in [3.63, 3.8) is 0 Å². The second-order valence-electron chi connectivity index (χ2n) is 8.30. The second-order valence-corrected chi connectivity index (χ2v) is 10.0. The number of carbonyl (C=O) groups is 2. The van der Waals surface area contributed by atoms with Crippen LogP contribution in [0.25, 0.3) is 0 Å². The summed E-state index contributed by atoms with van der Waals surface area (Å²) in [6.07, 6.45) is 1.02. The molecular formula is C26H26FN3O4S. The van der Waals surface area contributed by atoms with E-state index in [1.54, 1.807) is 48.2 Å². The fourth-order valence-corrected chi connectivity index (χ4v) is 5.33. The van der Waals surface area contributed by atoms with Gasteiger partial charge in [-0.15, -0.1) is 0 Å². The summed E-state index contributed by atoms with van der Waals surface area (Å²) in [5.41, 5.74) is 2.46. The molecule has 0 saturated carbocycles. The van der Waals surface area contributed by atoms with Gasteiger partial charge in [0, 0.05) is 24.3 Å². The lowest BCUT2D eigenvalue weighted by molar-refractivity contribution is -0.118. The number of fused-ring (bicyclic) bond motifs is 1. The van der Waals surface area contributed by atoms with Gasteiger partial charge in [0.2, 0.25) is 21.8 Å². The van der Waals surface area contributed by atoms with E-state index in [0.29, 0.717) is 25.1 Å². The summed E-state index contributed by atoms with van der Waals surface area (Å²) in [7, 11) is -4.08. The van der Waals surface area contributed by atoms with E-state index in [4.69, 9.17) is 0 Å². The van der Waals surface area contributed by atoms with E-state index in [0.717, 1.165) is 17.2 Å². The fraction of sp³-hybridized carbons (Fsp3) is 0.231. The molecule has 9 heteroatoms. The van der Waals surface area contributed by atoms with Crippen molar-refractivity contribution in [2.75, 3.05) is 16.8 Å². The van der Waals surface area contributed by atoms with Crippen LogP contribution in [0.4, 0.5) is 15.8 Å². The molecule has 1 heterocycles. The molecule has 0 aliphatic carbocycles. The highest BCUT2D eigenvalue weighted by Gasteiger charge is 2.29. The van der Waals surface area contributed by atoms with Crippen molar-refractivity contribution in [3.8, 4) is 0 Å². The van der Waals surface area contributed by atoms with Crippen LogP contribution in [0, 0.1) is 5.82 Å². The third-order valence-electron chi connectivity index (χ3n) is 5.85. The van der Waals surface area contributed by atoms with Crippen molar-refractivity contribution >= 4 is 33.2 Å². The Kier molecular flexibility index (Phi) is 7.28. The lowest BCUT2D eigenvalue weighted by atomic mass is 10.1. The third kappa shape index (κ3) is 5.75. The number of carbonyl (C=O) groups excluding carboxylic acids is 2. The first-order chi connectivity index (χ1) is 16.8. The summed E-state index contributed by atoms with van der Waals surface area (Å²) < 4.78 is 42.7. The maximum absolute atomic E-state index is 13.6. The molecule has 1 aliphatic heterocycles.